The molecule has 0 aromatic heterocycles. The summed E-state index contributed by atoms with van der Waals surface area (Å²) in [5.41, 5.74) is -4.74. The van der Waals surface area contributed by atoms with Gasteiger partial charge in [0.1, 0.15) is 11.7 Å². The van der Waals surface area contributed by atoms with Gasteiger partial charge in [-0.3, -0.25) is 14.4 Å². The molecule has 4 aliphatic rings. The van der Waals surface area contributed by atoms with Crippen LogP contribution in [0.1, 0.15) is 99.8 Å². The first-order valence-corrected chi connectivity index (χ1v) is 15.5. The Balaban J connectivity index is 1.79. The molecule has 0 heterocycles. The first-order valence-electron chi connectivity index (χ1n) is 15.5. The number of hydrogen-bond donors (Lipinski definition) is 3. The molecule has 4 aliphatic carbocycles. The number of aliphatic hydroxyl groups is 3. The molecule has 0 amide bonds. The van der Waals surface area contributed by atoms with Crippen LogP contribution in [0.15, 0.2) is 23.3 Å². The lowest BCUT2D eigenvalue weighted by Crippen LogP contribution is -2.66. The van der Waals surface area contributed by atoms with E-state index >= 15 is 0 Å². The highest BCUT2D eigenvalue weighted by molar-refractivity contribution is 6.04. The number of ketones is 1. The fourth-order valence-electron chi connectivity index (χ4n) is 8.46. The molecule has 0 aliphatic heterocycles. The zero-order chi connectivity index (χ0) is 30.5. The van der Waals surface area contributed by atoms with Crippen molar-refractivity contribution in [3.63, 3.8) is 0 Å². The van der Waals surface area contributed by atoms with Gasteiger partial charge in [-0.15, -0.1) is 0 Å². The second kappa shape index (κ2) is 11.2. The fraction of sp³-hybridized carbons (Fsp3) is 0.788. The van der Waals surface area contributed by atoms with Crippen molar-refractivity contribution >= 4 is 17.7 Å². The van der Waals surface area contributed by atoms with Crippen molar-refractivity contribution in [3.8, 4) is 0 Å². The fourth-order valence-corrected chi connectivity index (χ4v) is 8.46. The normalized spacial score (nSPS) is 38.7. The lowest BCUT2D eigenvalue weighted by atomic mass is 9.59. The van der Waals surface area contributed by atoms with Crippen molar-refractivity contribution in [3.05, 3.63) is 23.3 Å². The molecule has 2 saturated carbocycles. The Kier molecular flexibility index (Phi) is 8.74. The maximum atomic E-state index is 13.3. The Hall–Kier alpha value is -2.03. The first kappa shape index (κ1) is 31.9. The van der Waals surface area contributed by atoms with Crippen LogP contribution in [-0.2, 0) is 23.9 Å². The van der Waals surface area contributed by atoms with Gasteiger partial charge < -0.3 is 24.8 Å². The van der Waals surface area contributed by atoms with Gasteiger partial charge in [0, 0.05) is 48.3 Å². The van der Waals surface area contributed by atoms with E-state index in [4.69, 9.17) is 9.47 Å². The van der Waals surface area contributed by atoms with Crippen molar-refractivity contribution in [2.45, 2.75) is 123 Å². The summed E-state index contributed by atoms with van der Waals surface area (Å²) < 4.78 is 12.6. The first-order chi connectivity index (χ1) is 19.1. The van der Waals surface area contributed by atoms with E-state index in [1.165, 1.54) is 0 Å². The summed E-state index contributed by atoms with van der Waals surface area (Å²) >= 11 is 0. The van der Waals surface area contributed by atoms with Crippen molar-refractivity contribution < 1.29 is 39.2 Å². The van der Waals surface area contributed by atoms with Crippen molar-refractivity contribution in [1.29, 1.82) is 0 Å². The smallest absolute Gasteiger partial charge is 0.306 e. The molecule has 3 N–H and O–H groups in total. The van der Waals surface area contributed by atoms with Gasteiger partial charge in [-0.25, -0.2) is 0 Å². The molecule has 0 aromatic rings. The minimum atomic E-state index is -1.93. The summed E-state index contributed by atoms with van der Waals surface area (Å²) in [6.45, 7) is 12.9. The summed E-state index contributed by atoms with van der Waals surface area (Å²) in [5, 5.41) is 34.9. The zero-order valence-electron chi connectivity index (χ0n) is 25.9. The van der Waals surface area contributed by atoms with Crippen molar-refractivity contribution in [2.75, 3.05) is 6.61 Å². The molecule has 0 aromatic carbocycles. The topological polar surface area (TPSA) is 130 Å². The van der Waals surface area contributed by atoms with Gasteiger partial charge in [-0.05, 0) is 30.4 Å². The quantitative estimate of drug-likeness (QED) is 0.188. The van der Waals surface area contributed by atoms with E-state index in [1.807, 2.05) is 27.7 Å². The van der Waals surface area contributed by atoms with Gasteiger partial charge in [0.2, 0.25) is 0 Å². The highest BCUT2D eigenvalue weighted by Gasteiger charge is 2.87. The average Bonchev–Trinajstić information content (AvgIpc) is 3.31. The summed E-state index contributed by atoms with van der Waals surface area (Å²) in [5.74, 6) is -4.14. The van der Waals surface area contributed by atoms with Crippen LogP contribution in [0.3, 0.4) is 0 Å². The van der Waals surface area contributed by atoms with E-state index in [1.54, 1.807) is 26.0 Å². The van der Waals surface area contributed by atoms with E-state index < -0.39 is 69.7 Å². The average molecular weight is 575 g/mol. The van der Waals surface area contributed by atoms with E-state index in [0.29, 0.717) is 17.6 Å². The predicted octanol–water partition coefficient (Wildman–Crippen LogP) is 4.44. The Bertz CT molecular complexity index is 1120. The lowest BCUT2D eigenvalue weighted by molar-refractivity contribution is -0.229. The third-order valence-corrected chi connectivity index (χ3v) is 10.6. The van der Waals surface area contributed by atoms with Gasteiger partial charge in [0.15, 0.2) is 11.4 Å². The highest BCUT2D eigenvalue weighted by Crippen LogP contribution is 2.77. The van der Waals surface area contributed by atoms with E-state index in [9.17, 15) is 29.7 Å². The zero-order valence-corrected chi connectivity index (χ0v) is 25.9. The monoisotopic (exact) mass is 574 g/mol. The third kappa shape index (κ3) is 4.92. The predicted molar refractivity (Wildman–Crippen MR) is 153 cm³/mol. The number of hydrogen-bond acceptors (Lipinski definition) is 8. The number of Topliss-reactive ketones (excluding diaryl/α,β-unsaturated/α-hetero) is 1. The molecular formula is C33H50O8. The maximum absolute atomic E-state index is 13.3. The summed E-state index contributed by atoms with van der Waals surface area (Å²) in [7, 11) is 0. The Labute approximate surface area is 244 Å². The molecule has 4 rings (SSSR count). The van der Waals surface area contributed by atoms with Crippen LogP contribution < -0.4 is 0 Å². The number of esters is 2. The van der Waals surface area contributed by atoms with Crippen LogP contribution in [-0.4, -0.2) is 62.6 Å². The van der Waals surface area contributed by atoms with E-state index in [-0.39, 0.29) is 31.8 Å². The Morgan fingerprint density at radius 1 is 1.07 bits per heavy atom. The molecular weight excluding hydrogens is 524 g/mol. The van der Waals surface area contributed by atoms with Crippen LogP contribution in [0.5, 0.6) is 0 Å². The number of unbranched alkanes of at least 4 members (excludes halogenated alkanes) is 4. The van der Waals surface area contributed by atoms with Gasteiger partial charge in [0.05, 0.1) is 12.2 Å². The molecule has 2 fully saturated rings. The number of carbonyl (C=O) groups excluding carboxylic acids is 3. The molecule has 0 bridgehead atoms. The van der Waals surface area contributed by atoms with Crippen LogP contribution in [0.2, 0.25) is 0 Å². The van der Waals surface area contributed by atoms with Gasteiger partial charge in [0.25, 0.3) is 0 Å². The van der Waals surface area contributed by atoms with Crippen LogP contribution in [0.4, 0.5) is 0 Å². The molecule has 8 nitrogen and oxygen atoms in total. The molecule has 8 heteroatoms. The summed E-state index contributed by atoms with van der Waals surface area (Å²) in [6, 6.07) is 0. The number of aliphatic hydroxyl groups excluding tert-OH is 1. The second-order valence-electron chi connectivity index (χ2n) is 14.1. The van der Waals surface area contributed by atoms with Gasteiger partial charge >= 0.3 is 11.9 Å². The Morgan fingerprint density at radius 3 is 2.34 bits per heavy atom. The summed E-state index contributed by atoms with van der Waals surface area (Å²) in [4.78, 5) is 39.8. The number of fused-ring (bicyclic) bond motifs is 5. The molecule has 230 valence electrons. The van der Waals surface area contributed by atoms with Crippen LogP contribution in [0, 0.1) is 35.0 Å². The lowest BCUT2D eigenvalue weighted by Gasteiger charge is -2.53. The SMILES string of the molecule is CCCCCCCC(=O)O[C@@H]1[C@@H](C)[C@@]2(O)[C@@H](C=C(CO)C[C@]3(O)C(=O)C(C)=C[C@@H]23)[C@@H]2C(C)(C)[C@]12OC(=O)CC(C)C. The molecule has 8 atom stereocenters. The van der Waals surface area contributed by atoms with Crippen molar-refractivity contribution in [2.24, 2.45) is 35.0 Å². The van der Waals surface area contributed by atoms with Crippen LogP contribution in [0.25, 0.3) is 0 Å². The standard InChI is InChI=1S/C33H50O8/c1-8-9-10-11-12-13-25(35)40-29-21(5)32(39)23(27-30(6,7)33(27,29)41-26(36)14-19(2)3)16-22(18-34)17-31(38)24(32)15-20(4)28(31)37/h15-16,19,21,23-24,27,29,34,38-39H,8-14,17-18H2,1-7H3/t21-,23+,24-,27-,29-,31-,32-,33-/m1/s1. The number of rotatable bonds is 11. The van der Waals surface area contributed by atoms with Crippen molar-refractivity contribution in [1.82, 2.24) is 0 Å². The number of ether oxygens (including phenoxy) is 2. The molecule has 0 radical (unpaired) electrons. The minimum absolute atomic E-state index is 0.0627. The molecule has 0 saturated heterocycles. The van der Waals surface area contributed by atoms with E-state index in [2.05, 4.69) is 6.92 Å². The van der Waals surface area contributed by atoms with E-state index in [0.717, 1.165) is 25.7 Å². The molecule has 41 heavy (non-hydrogen) atoms. The summed E-state index contributed by atoms with van der Waals surface area (Å²) in [6.07, 6.45) is 7.57. The minimum Gasteiger partial charge on any atom is -0.458 e. The maximum Gasteiger partial charge on any atom is 0.306 e. The molecule has 0 unspecified atom stereocenters. The third-order valence-electron chi connectivity index (χ3n) is 10.6. The van der Waals surface area contributed by atoms with Gasteiger partial charge in [-0.2, -0.15) is 0 Å². The Morgan fingerprint density at radius 2 is 1.73 bits per heavy atom. The second-order valence-corrected chi connectivity index (χ2v) is 14.1. The number of carbonyl (C=O) groups is 3. The van der Waals surface area contributed by atoms with Crippen LogP contribution >= 0.6 is 0 Å². The van der Waals surface area contributed by atoms with Gasteiger partial charge in [-0.1, -0.05) is 79.4 Å². The highest BCUT2D eigenvalue weighted by atomic mass is 16.6. The largest absolute Gasteiger partial charge is 0.458 e. The molecule has 0 spiro atoms.